The summed E-state index contributed by atoms with van der Waals surface area (Å²) < 4.78 is 18.8. The number of aromatic nitrogens is 1. The number of rotatable bonds is 7. The Morgan fingerprint density at radius 1 is 1.13 bits per heavy atom. The Kier molecular flexibility index (Phi) is 7.13. The smallest absolute Gasteiger partial charge is 0.313 e. The van der Waals surface area contributed by atoms with Crippen molar-refractivity contribution in [2.24, 2.45) is 0 Å². The van der Waals surface area contributed by atoms with E-state index in [0.29, 0.717) is 36.6 Å². The molecule has 0 atom stereocenters. The van der Waals surface area contributed by atoms with Crippen LogP contribution in [0.5, 0.6) is 5.75 Å². The molecule has 1 heterocycles. The molecule has 0 fully saturated rings. The second-order valence-corrected chi connectivity index (χ2v) is 7.54. The molecular formula is C22H22FN3O3S. The third-order valence-electron chi connectivity index (χ3n) is 4.23. The first-order valence-corrected chi connectivity index (χ1v) is 10.3. The summed E-state index contributed by atoms with van der Waals surface area (Å²) in [6, 6.07) is 13.1. The molecule has 2 N–H and O–H groups in total. The fourth-order valence-electron chi connectivity index (χ4n) is 2.76. The maximum atomic E-state index is 13.4. The van der Waals surface area contributed by atoms with Gasteiger partial charge in [-0.1, -0.05) is 12.1 Å². The molecular weight excluding hydrogens is 405 g/mol. The molecule has 156 valence electrons. The van der Waals surface area contributed by atoms with Crippen molar-refractivity contribution < 1.29 is 18.7 Å². The van der Waals surface area contributed by atoms with E-state index in [0.717, 1.165) is 15.6 Å². The molecule has 2 amide bonds. The highest BCUT2D eigenvalue weighted by molar-refractivity contribution is 7.15. The molecule has 8 heteroatoms. The standard InChI is InChI=1S/C22H22FN3O3S/c1-3-29-18-9-7-17(8-10-18)26-21(28)20(27)24-12-11-19-14(2)25-22(30-19)15-5-4-6-16(23)13-15/h4-10,13H,3,11-12H2,1-2H3,(H,24,27)(H,26,28). The summed E-state index contributed by atoms with van der Waals surface area (Å²) in [6.07, 6.45) is 0.529. The lowest BCUT2D eigenvalue weighted by molar-refractivity contribution is -0.136. The Labute approximate surface area is 178 Å². The zero-order chi connectivity index (χ0) is 21.5. The summed E-state index contributed by atoms with van der Waals surface area (Å²) in [4.78, 5) is 29.6. The maximum Gasteiger partial charge on any atom is 0.313 e. The van der Waals surface area contributed by atoms with Crippen LogP contribution in [0.2, 0.25) is 0 Å². The summed E-state index contributed by atoms with van der Waals surface area (Å²) in [5.41, 5.74) is 2.05. The molecule has 0 aliphatic rings. The third kappa shape index (κ3) is 5.64. The fraction of sp³-hybridized carbons (Fsp3) is 0.227. The number of halogens is 1. The maximum absolute atomic E-state index is 13.4. The van der Waals surface area contributed by atoms with Gasteiger partial charge in [0.2, 0.25) is 0 Å². The van der Waals surface area contributed by atoms with Gasteiger partial charge >= 0.3 is 11.8 Å². The number of hydrogen-bond donors (Lipinski definition) is 2. The number of anilines is 1. The lowest BCUT2D eigenvalue weighted by atomic mass is 10.2. The first kappa shape index (κ1) is 21.4. The van der Waals surface area contributed by atoms with Crippen LogP contribution in [0, 0.1) is 12.7 Å². The molecule has 3 rings (SSSR count). The van der Waals surface area contributed by atoms with Crippen molar-refractivity contribution in [3.8, 4) is 16.3 Å². The van der Waals surface area contributed by atoms with Crippen LogP contribution in [0.1, 0.15) is 17.5 Å². The van der Waals surface area contributed by atoms with Crippen molar-refractivity contribution in [2.45, 2.75) is 20.3 Å². The molecule has 0 aliphatic carbocycles. The van der Waals surface area contributed by atoms with Crippen LogP contribution >= 0.6 is 11.3 Å². The van der Waals surface area contributed by atoms with E-state index in [1.54, 1.807) is 36.4 Å². The number of ether oxygens (including phenoxy) is 1. The fourth-order valence-corrected chi connectivity index (χ4v) is 3.82. The lowest BCUT2D eigenvalue weighted by Crippen LogP contribution is -2.36. The Morgan fingerprint density at radius 3 is 2.60 bits per heavy atom. The van der Waals surface area contributed by atoms with E-state index in [1.165, 1.54) is 23.5 Å². The van der Waals surface area contributed by atoms with Gasteiger partial charge in [-0.05, 0) is 50.2 Å². The first-order chi connectivity index (χ1) is 14.5. The molecule has 1 aromatic heterocycles. The van der Waals surface area contributed by atoms with E-state index in [4.69, 9.17) is 4.74 Å². The molecule has 0 aliphatic heterocycles. The Balaban J connectivity index is 1.51. The van der Waals surface area contributed by atoms with Crippen LogP contribution in [0.4, 0.5) is 10.1 Å². The highest BCUT2D eigenvalue weighted by atomic mass is 32.1. The van der Waals surface area contributed by atoms with Crippen molar-refractivity contribution in [3.63, 3.8) is 0 Å². The number of amides is 2. The number of thiazole rings is 1. The van der Waals surface area contributed by atoms with E-state index >= 15 is 0 Å². The summed E-state index contributed by atoms with van der Waals surface area (Å²) >= 11 is 1.45. The van der Waals surface area contributed by atoms with Gasteiger partial charge in [-0.15, -0.1) is 11.3 Å². The van der Waals surface area contributed by atoms with Gasteiger partial charge in [0.25, 0.3) is 0 Å². The average Bonchev–Trinajstić information content (AvgIpc) is 3.10. The molecule has 30 heavy (non-hydrogen) atoms. The molecule has 0 saturated heterocycles. The molecule has 0 bridgehead atoms. The largest absolute Gasteiger partial charge is 0.494 e. The molecule has 0 unspecified atom stereocenters. The summed E-state index contributed by atoms with van der Waals surface area (Å²) in [5, 5.41) is 5.89. The highest BCUT2D eigenvalue weighted by Crippen LogP contribution is 2.28. The van der Waals surface area contributed by atoms with E-state index < -0.39 is 11.8 Å². The summed E-state index contributed by atoms with van der Waals surface area (Å²) in [7, 11) is 0. The van der Waals surface area contributed by atoms with E-state index in [9.17, 15) is 14.0 Å². The number of nitrogens with zero attached hydrogens (tertiary/aromatic N) is 1. The number of aryl methyl sites for hydroxylation is 1. The average molecular weight is 428 g/mol. The van der Waals surface area contributed by atoms with Crippen LogP contribution in [-0.2, 0) is 16.0 Å². The van der Waals surface area contributed by atoms with Crippen LogP contribution in [0.3, 0.4) is 0 Å². The van der Waals surface area contributed by atoms with Gasteiger partial charge in [-0.25, -0.2) is 9.37 Å². The van der Waals surface area contributed by atoms with E-state index in [2.05, 4.69) is 15.6 Å². The molecule has 3 aromatic rings. The Bertz CT molecular complexity index is 1030. The number of benzene rings is 2. The SMILES string of the molecule is CCOc1ccc(NC(=O)C(=O)NCCc2sc(-c3cccc(F)c3)nc2C)cc1. The number of carbonyl (C=O) groups is 2. The quantitative estimate of drug-likeness (QED) is 0.560. The number of carbonyl (C=O) groups excluding carboxylic acids is 2. The topological polar surface area (TPSA) is 80.3 Å². The predicted octanol–water partition coefficient (Wildman–Crippen LogP) is 3.95. The van der Waals surface area contributed by atoms with Gasteiger partial charge in [0, 0.05) is 29.1 Å². The summed E-state index contributed by atoms with van der Waals surface area (Å²) in [5.74, 6) is -1.07. The van der Waals surface area contributed by atoms with Crippen molar-refractivity contribution in [1.82, 2.24) is 10.3 Å². The van der Waals surface area contributed by atoms with Gasteiger partial charge in [0.05, 0.1) is 12.3 Å². The second kappa shape index (κ2) is 9.98. The monoisotopic (exact) mass is 427 g/mol. The van der Waals surface area contributed by atoms with Gasteiger partial charge in [0.15, 0.2) is 0 Å². The van der Waals surface area contributed by atoms with Crippen LogP contribution in [0.25, 0.3) is 10.6 Å². The van der Waals surface area contributed by atoms with Crippen molar-refractivity contribution >= 4 is 28.8 Å². The molecule has 0 radical (unpaired) electrons. The van der Waals surface area contributed by atoms with Gasteiger partial charge in [0.1, 0.15) is 16.6 Å². The normalized spacial score (nSPS) is 10.5. The Morgan fingerprint density at radius 2 is 1.90 bits per heavy atom. The molecule has 6 nitrogen and oxygen atoms in total. The zero-order valence-electron chi connectivity index (χ0n) is 16.7. The first-order valence-electron chi connectivity index (χ1n) is 9.50. The van der Waals surface area contributed by atoms with Crippen LogP contribution in [0.15, 0.2) is 48.5 Å². The minimum atomic E-state index is -0.736. The van der Waals surface area contributed by atoms with Gasteiger partial charge < -0.3 is 15.4 Å². The van der Waals surface area contributed by atoms with Gasteiger partial charge in [-0.2, -0.15) is 0 Å². The molecule has 2 aromatic carbocycles. The van der Waals surface area contributed by atoms with Crippen LogP contribution < -0.4 is 15.4 Å². The van der Waals surface area contributed by atoms with Crippen LogP contribution in [-0.4, -0.2) is 29.9 Å². The number of nitrogens with one attached hydrogen (secondary N) is 2. The minimum Gasteiger partial charge on any atom is -0.494 e. The molecule has 0 saturated carbocycles. The van der Waals surface area contributed by atoms with Crippen molar-refractivity contribution in [1.29, 1.82) is 0 Å². The lowest BCUT2D eigenvalue weighted by Gasteiger charge is -2.07. The van der Waals surface area contributed by atoms with E-state index in [1.807, 2.05) is 13.8 Å². The van der Waals surface area contributed by atoms with Crippen molar-refractivity contribution in [2.75, 3.05) is 18.5 Å². The Hall–Kier alpha value is -3.26. The highest BCUT2D eigenvalue weighted by Gasteiger charge is 2.15. The van der Waals surface area contributed by atoms with Gasteiger partial charge in [-0.3, -0.25) is 9.59 Å². The second-order valence-electron chi connectivity index (χ2n) is 6.46. The van der Waals surface area contributed by atoms with E-state index in [-0.39, 0.29) is 5.82 Å². The summed E-state index contributed by atoms with van der Waals surface area (Å²) in [6.45, 7) is 4.60. The molecule has 0 spiro atoms. The minimum absolute atomic E-state index is 0.293. The number of hydrogen-bond acceptors (Lipinski definition) is 5. The van der Waals surface area contributed by atoms with Crippen molar-refractivity contribution in [3.05, 3.63) is 64.9 Å². The zero-order valence-corrected chi connectivity index (χ0v) is 17.5. The third-order valence-corrected chi connectivity index (χ3v) is 5.50. The predicted molar refractivity (Wildman–Crippen MR) is 115 cm³/mol.